The van der Waals surface area contributed by atoms with E-state index in [0.717, 1.165) is 0 Å². The van der Waals surface area contributed by atoms with Crippen LogP contribution in [-0.4, -0.2) is 38.5 Å². The molecule has 27 heavy (non-hydrogen) atoms. The van der Waals surface area contributed by atoms with Crippen molar-refractivity contribution in [2.24, 2.45) is 0 Å². The van der Waals surface area contributed by atoms with E-state index in [1.54, 1.807) is 49.6 Å². The van der Waals surface area contributed by atoms with Crippen LogP contribution < -0.4 is 15.0 Å². The van der Waals surface area contributed by atoms with Crippen molar-refractivity contribution in [2.75, 3.05) is 31.0 Å². The van der Waals surface area contributed by atoms with Crippen molar-refractivity contribution in [1.29, 1.82) is 0 Å². The Morgan fingerprint density at radius 3 is 2.44 bits per heavy atom. The summed E-state index contributed by atoms with van der Waals surface area (Å²) in [5.41, 5.74) is 1.48. The van der Waals surface area contributed by atoms with Crippen LogP contribution in [0.5, 0.6) is 5.75 Å². The number of methoxy groups -OCH3 is 2. The second-order valence-electron chi connectivity index (χ2n) is 5.74. The summed E-state index contributed by atoms with van der Waals surface area (Å²) in [6.07, 6.45) is 0.0965. The van der Waals surface area contributed by atoms with Gasteiger partial charge in [0, 0.05) is 37.3 Å². The van der Waals surface area contributed by atoms with E-state index >= 15 is 0 Å². The van der Waals surface area contributed by atoms with Gasteiger partial charge in [0.15, 0.2) is 0 Å². The molecule has 2 amide bonds. The van der Waals surface area contributed by atoms with Gasteiger partial charge in [0.1, 0.15) is 5.75 Å². The van der Waals surface area contributed by atoms with E-state index < -0.39 is 5.97 Å². The fourth-order valence-electron chi connectivity index (χ4n) is 2.53. The molecule has 7 nitrogen and oxygen atoms in total. The van der Waals surface area contributed by atoms with Crippen LogP contribution in [0.3, 0.4) is 0 Å². The molecule has 0 saturated carbocycles. The molecule has 7 heteroatoms. The average Bonchev–Trinajstić information content (AvgIpc) is 2.67. The van der Waals surface area contributed by atoms with Gasteiger partial charge in [0.05, 0.1) is 19.8 Å². The largest absolute Gasteiger partial charge is 0.497 e. The van der Waals surface area contributed by atoms with Crippen molar-refractivity contribution in [1.82, 2.24) is 0 Å². The molecule has 2 aromatic rings. The van der Waals surface area contributed by atoms with Crippen LogP contribution in [0.2, 0.25) is 0 Å². The standard InChI is InChI=1S/C20H22N2O5/c1-14(23)22(17-8-5-9-18(13-17)26-2)11-10-19(24)21-16-7-4-6-15(12-16)20(25)27-3/h4-9,12-13H,10-11H2,1-3H3,(H,21,24). The molecule has 142 valence electrons. The number of carbonyl (C=O) groups is 3. The highest BCUT2D eigenvalue weighted by atomic mass is 16.5. The molecule has 0 aliphatic carbocycles. The summed E-state index contributed by atoms with van der Waals surface area (Å²) in [4.78, 5) is 37.3. The summed E-state index contributed by atoms with van der Waals surface area (Å²) in [5.74, 6) is -0.301. The number of rotatable bonds is 7. The van der Waals surface area contributed by atoms with Gasteiger partial charge in [-0.1, -0.05) is 12.1 Å². The summed E-state index contributed by atoms with van der Waals surface area (Å²) in [6.45, 7) is 1.66. The molecular formula is C20H22N2O5. The Hall–Kier alpha value is -3.35. The first kappa shape index (κ1) is 20.0. The first-order valence-electron chi connectivity index (χ1n) is 8.35. The minimum Gasteiger partial charge on any atom is -0.497 e. The topological polar surface area (TPSA) is 84.9 Å². The number of benzene rings is 2. The molecule has 2 rings (SSSR count). The Morgan fingerprint density at radius 1 is 1.04 bits per heavy atom. The third kappa shape index (κ3) is 5.57. The Bertz CT molecular complexity index is 835. The number of ether oxygens (including phenoxy) is 2. The van der Waals surface area contributed by atoms with E-state index in [1.165, 1.54) is 25.0 Å². The number of nitrogens with one attached hydrogen (secondary N) is 1. The van der Waals surface area contributed by atoms with E-state index in [2.05, 4.69) is 10.1 Å². The maximum atomic E-state index is 12.3. The van der Waals surface area contributed by atoms with Crippen LogP contribution in [0.1, 0.15) is 23.7 Å². The number of hydrogen-bond donors (Lipinski definition) is 1. The molecule has 0 fully saturated rings. The highest BCUT2D eigenvalue weighted by molar-refractivity contribution is 5.96. The summed E-state index contributed by atoms with van der Waals surface area (Å²) in [7, 11) is 2.84. The first-order chi connectivity index (χ1) is 12.9. The SMILES string of the molecule is COC(=O)c1cccc(NC(=O)CCN(C(C)=O)c2cccc(OC)c2)c1. The Labute approximate surface area is 157 Å². The lowest BCUT2D eigenvalue weighted by molar-refractivity contribution is -0.117. The van der Waals surface area contributed by atoms with Crippen LogP contribution in [0.4, 0.5) is 11.4 Å². The van der Waals surface area contributed by atoms with E-state index in [9.17, 15) is 14.4 Å². The van der Waals surface area contributed by atoms with E-state index in [-0.39, 0.29) is 24.8 Å². The van der Waals surface area contributed by atoms with Gasteiger partial charge in [-0.2, -0.15) is 0 Å². The van der Waals surface area contributed by atoms with Crippen molar-refractivity contribution in [3.8, 4) is 5.75 Å². The van der Waals surface area contributed by atoms with Crippen LogP contribution in [0, 0.1) is 0 Å². The Morgan fingerprint density at radius 2 is 1.78 bits per heavy atom. The third-order valence-electron chi connectivity index (χ3n) is 3.88. The molecule has 0 aromatic heterocycles. The van der Waals surface area contributed by atoms with Gasteiger partial charge in [-0.25, -0.2) is 4.79 Å². The lowest BCUT2D eigenvalue weighted by Gasteiger charge is -2.21. The predicted molar refractivity (Wildman–Crippen MR) is 102 cm³/mol. The number of esters is 1. The van der Waals surface area contributed by atoms with E-state index in [4.69, 9.17) is 4.74 Å². The molecule has 0 spiro atoms. The number of amides is 2. The monoisotopic (exact) mass is 370 g/mol. The highest BCUT2D eigenvalue weighted by Crippen LogP contribution is 2.21. The van der Waals surface area contributed by atoms with Gasteiger partial charge in [0.25, 0.3) is 0 Å². The lowest BCUT2D eigenvalue weighted by Crippen LogP contribution is -2.31. The minimum absolute atomic E-state index is 0.0965. The number of carbonyl (C=O) groups excluding carboxylic acids is 3. The molecule has 0 heterocycles. The van der Waals surface area contributed by atoms with Crippen molar-refractivity contribution in [3.05, 3.63) is 54.1 Å². The molecule has 0 atom stereocenters. The minimum atomic E-state index is -0.480. The van der Waals surface area contributed by atoms with Crippen molar-refractivity contribution in [3.63, 3.8) is 0 Å². The molecule has 0 aliphatic rings. The van der Waals surface area contributed by atoms with E-state index in [0.29, 0.717) is 22.7 Å². The zero-order valence-corrected chi connectivity index (χ0v) is 15.5. The van der Waals surface area contributed by atoms with Gasteiger partial charge in [0.2, 0.25) is 11.8 Å². The normalized spacial score (nSPS) is 10.0. The number of nitrogens with zero attached hydrogens (tertiary/aromatic N) is 1. The maximum Gasteiger partial charge on any atom is 0.337 e. The summed E-state index contributed by atoms with van der Waals surface area (Å²) >= 11 is 0. The molecule has 0 saturated heterocycles. The first-order valence-corrected chi connectivity index (χ1v) is 8.35. The van der Waals surface area contributed by atoms with Gasteiger partial charge in [-0.15, -0.1) is 0 Å². The smallest absolute Gasteiger partial charge is 0.337 e. The predicted octanol–water partition coefficient (Wildman–Crippen LogP) is 2.86. The van der Waals surface area contributed by atoms with Crippen molar-refractivity contribution < 1.29 is 23.9 Å². The molecule has 0 bridgehead atoms. The van der Waals surface area contributed by atoms with Crippen LogP contribution in [0.25, 0.3) is 0 Å². The van der Waals surface area contributed by atoms with Crippen molar-refractivity contribution >= 4 is 29.2 Å². The molecule has 2 aromatic carbocycles. The number of hydrogen-bond acceptors (Lipinski definition) is 5. The van der Waals surface area contributed by atoms with Crippen LogP contribution in [0.15, 0.2) is 48.5 Å². The van der Waals surface area contributed by atoms with Gasteiger partial charge in [-0.3, -0.25) is 9.59 Å². The second kappa shape index (κ2) is 9.38. The molecule has 1 N–H and O–H groups in total. The fraction of sp³-hybridized carbons (Fsp3) is 0.250. The molecule has 0 aliphatic heterocycles. The third-order valence-corrected chi connectivity index (χ3v) is 3.88. The van der Waals surface area contributed by atoms with E-state index in [1.807, 2.05) is 0 Å². The Kier molecular flexibility index (Phi) is 6.93. The second-order valence-corrected chi connectivity index (χ2v) is 5.74. The van der Waals surface area contributed by atoms with Gasteiger partial charge >= 0.3 is 5.97 Å². The van der Waals surface area contributed by atoms with Crippen LogP contribution >= 0.6 is 0 Å². The quantitative estimate of drug-likeness (QED) is 0.758. The maximum absolute atomic E-state index is 12.3. The van der Waals surface area contributed by atoms with Crippen LogP contribution in [-0.2, 0) is 14.3 Å². The zero-order valence-electron chi connectivity index (χ0n) is 15.5. The lowest BCUT2D eigenvalue weighted by atomic mass is 10.2. The summed E-state index contributed by atoms with van der Waals surface area (Å²) in [5, 5.41) is 2.72. The molecule has 0 unspecified atom stereocenters. The van der Waals surface area contributed by atoms with Gasteiger partial charge < -0.3 is 19.7 Å². The van der Waals surface area contributed by atoms with Gasteiger partial charge in [-0.05, 0) is 30.3 Å². The highest BCUT2D eigenvalue weighted by Gasteiger charge is 2.15. The molecule has 0 radical (unpaired) electrons. The van der Waals surface area contributed by atoms with Crippen molar-refractivity contribution in [2.45, 2.75) is 13.3 Å². The Balaban J connectivity index is 2.02. The zero-order chi connectivity index (χ0) is 19.8. The summed E-state index contributed by atoms with van der Waals surface area (Å²) in [6, 6.07) is 13.5. The number of anilines is 2. The fourth-order valence-corrected chi connectivity index (χ4v) is 2.53. The summed E-state index contributed by atoms with van der Waals surface area (Å²) < 4.78 is 9.84. The average molecular weight is 370 g/mol. The molecular weight excluding hydrogens is 348 g/mol.